The molecular formula is C10H13NO4. The average Bonchev–Trinajstić information content (AvgIpc) is 2.25. The Morgan fingerprint density at radius 3 is 2.80 bits per heavy atom. The maximum absolute atomic E-state index is 10.5. The fourth-order valence-electron chi connectivity index (χ4n) is 0.955. The van der Waals surface area contributed by atoms with Gasteiger partial charge in [0, 0.05) is 13.3 Å². The van der Waals surface area contributed by atoms with Gasteiger partial charge in [0.2, 0.25) is 0 Å². The lowest BCUT2D eigenvalue weighted by Gasteiger charge is -2.02. The van der Waals surface area contributed by atoms with E-state index in [-0.39, 0.29) is 5.56 Å². The molecule has 5 heteroatoms. The number of ether oxygens (including phenoxy) is 2. The molecule has 0 aromatic carbocycles. The minimum Gasteiger partial charge on any atom is -0.478 e. The summed E-state index contributed by atoms with van der Waals surface area (Å²) in [6.07, 6.45) is 1.32. The molecule has 0 saturated heterocycles. The number of aromatic nitrogens is 1. The van der Waals surface area contributed by atoms with Crippen LogP contribution in [0.5, 0.6) is 0 Å². The molecule has 1 heterocycles. The first-order valence-electron chi connectivity index (χ1n) is 4.49. The Kier molecular flexibility index (Phi) is 4.73. The number of hydrogen-bond acceptors (Lipinski definition) is 4. The third kappa shape index (κ3) is 4.05. The highest BCUT2D eigenvalue weighted by Gasteiger charge is 2.02. The molecule has 0 bridgehead atoms. The molecule has 1 aromatic heterocycles. The lowest BCUT2D eigenvalue weighted by molar-refractivity contribution is 0.0601. The monoisotopic (exact) mass is 211 g/mol. The molecule has 0 amide bonds. The van der Waals surface area contributed by atoms with Crippen LogP contribution in [0.1, 0.15) is 16.1 Å². The maximum atomic E-state index is 10.5. The summed E-state index contributed by atoms with van der Waals surface area (Å²) in [5.41, 5.74) is 0.881. The second-order valence-corrected chi connectivity index (χ2v) is 2.89. The molecule has 82 valence electrons. The van der Waals surface area contributed by atoms with Crippen LogP contribution < -0.4 is 0 Å². The van der Waals surface area contributed by atoms with Gasteiger partial charge >= 0.3 is 5.97 Å². The number of pyridine rings is 1. The van der Waals surface area contributed by atoms with Gasteiger partial charge in [-0.05, 0) is 12.1 Å². The number of carboxylic acids is 1. The van der Waals surface area contributed by atoms with Crippen molar-refractivity contribution < 1.29 is 19.4 Å². The Bertz CT molecular complexity index is 310. The summed E-state index contributed by atoms with van der Waals surface area (Å²) in [4.78, 5) is 14.5. The maximum Gasteiger partial charge on any atom is 0.337 e. The van der Waals surface area contributed by atoms with E-state index >= 15 is 0 Å². The number of nitrogens with zero attached hydrogens (tertiary/aromatic N) is 1. The van der Waals surface area contributed by atoms with E-state index in [2.05, 4.69) is 4.98 Å². The van der Waals surface area contributed by atoms with Crippen molar-refractivity contribution in [2.24, 2.45) is 0 Å². The van der Waals surface area contributed by atoms with Gasteiger partial charge in [0.1, 0.15) is 0 Å². The third-order valence-electron chi connectivity index (χ3n) is 1.75. The molecule has 0 aliphatic rings. The van der Waals surface area contributed by atoms with Crippen molar-refractivity contribution in [1.29, 1.82) is 0 Å². The quantitative estimate of drug-likeness (QED) is 0.709. The zero-order chi connectivity index (χ0) is 11.1. The average molecular weight is 211 g/mol. The Labute approximate surface area is 87.7 Å². The van der Waals surface area contributed by atoms with Crippen molar-refractivity contribution >= 4 is 5.97 Å². The predicted molar refractivity (Wildman–Crippen MR) is 52.7 cm³/mol. The Hall–Kier alpha value is -1.46. The van der Waals surface area contributed by atoms with Gasteiger partial charge in [0.15, 0.2) is 0 Å². The fraction of sp³-hybridized carbons (Fsp3) is 0.400. The molecule has 0 aliphatic carbocycles. The minimum atomic E-state index is -0.977. The SMILES string of the molecule is COCCOCc1ccc(C(=O)O)cn1. The number of methoxy groups -OCH3 is 1. The van der Waals surface area contributed by atoms with Crippen LogP contribution in [0.2, 0.25) is 0 Å². The minimum absolute atomic E-state index is 0.177. The van der Waals surface area contributed by atoms with Gasteiger partial charge in [-0.3, -0.25) is 4.98 Å². The van der Waals surface area contributed by atoms with Crippen molar-refractivity contribution in [3.05, 3.63) is 29.6 Å². The van der Waals surface area contributed by atoms with Gasteiger partial charge in [-0.1, -0.05) is 0 Å². The molecule has 15 heavy (non-hydrogen) atoms. The smallest absolute Gasteiger partial charge is 0.337 e. The van der Waals surface area contributed by atoms with Crippen molar-refractivity contribution in [3.63, 3.8) is 0 Å². The van der Waals surface area contributed by atoms with Crippen molar-refractivity contribution in [3.8, 4) is 0 Å². The number of carboxylic acid groups (broad SMARTS) is 1. The van der Waals surface area contributed by atoms with E-state index in [0.717, 1.165) is 0 Å². The zero-order valence-electron chi connectivity index (χ0n) is 8.47. The van der Waals surface area contributed by atoms with E-state index in [4.69, 9.17) is 14.6 Å². The molecule has 0 atom stereocenters. The van der Waals surface area contributed by atoms with E-state index in [1.165, 1.54) is 12.3 Å². The van der Waals surface area contributed by atoms with Gasteiger partial charge < -0.3 is 14.6 Å². The molecule has 0 saturated carbocycles. The molecule has 0 fully saturated rings. The summed E-state index contributed by atoms with van der Waals surface area (Å²) in [6.45, 7) is 1.40. The zero-order valence-corrected chi connectivity index (χ0v) is 8.47. The van der Waals surface area contributed by atoms with Crippen LogP contribution in [-0.2, 0) is 16.1 Å². The second kappa shape index (κ2) is 6.10. The van der Waals surface area contributed by atoms with Crippen LogP contribution in [0, 0.1) is 0 Å². The van der Waals surface area contributed by atoms with E-state index in [9.17, 15) is 4.79 Å². The van der Waals surface area contributed by atoms with Gasteiger partial charge in [-0.15, -0.1) is 0 Å². The summed E-state index contributed by atoms with van der Waals surface area (Å²) in [6, 6.07) is 3.14. The highest BCUT2D eigenvalue weighted by Crippen LogP contribution is 2.01. The third-order valence-corrected chi connectivity index (χ3v) is 1.75. The lowest BCUT2D eigenvalue weighted by atomic mass is 10.2. The number of rotatable bonds is 6. The fourth-order valence-corrected chi connectivity index (χ4v) is 0.955. The van der Waals surface area contributed by atoms with Crippen LogP contribution in [-0.4, -0.2) is 36.4 Å². The van der Waals surface area contributed by atoms with Crippen LogP contribution >= 0.6 is 0 Å². The first kappa shape index (κ1) is 11.6. The first-order valence-corrected chi connectivity index (χ1v) is 4.49. The molecule has 0 unspecified atom stereocenters. The largest absolute Gasteiger partial charge is 0.478 e. The molecular weight excluding hydrogens is 198 g/mol. The van der Waals surface area contributed by atoms with Gasteiger partial charge in [-0.25, -0.2) is 4.79 Å². The Morgan fingerprint density at radius 1 is 1.47 bits per heavy atom. The first-order chi connectivity index (χ1) is 7.24. The number of hydrogen-bond donors (Lipinski definition) is 1. The summed E-state index contributed by atoms with van der Waals surface area (Å²) in [7, 11) is 1.60. The highest BCUT2D eigenvalue weighted by atomic mass is 16.5. The predicted octanol–water partition coefficient (Wildman–Crippen LogP) is 0.943. The van der Waals surface area contributed by atoms with Crippen molar-refractivity contribution in [2.75, 3.05) is 20.3 Å². The van der Waals surface area contributed by atoms with Gasteiger partial charge in [0.05, 0.1) is 31.1 Å². The van der Waals surface area contributed by atoms with E-state index in [1.807, 2.05) is 0 Å². The summed E-state index contributed by atoms with van der Waals surface area (Å²) >= 11 is 0. The van der Waals surface area contributed by atoms with Crippen LogP contribution in [0.25, 0.3) is 0 Å². The van der Waals surface area contributed by atoms with E-state index in [0.29, 0.717) is 25.5 Å². The van der Waals surface area contributed by atoms with Gasteiger partial charge in [-0.2, -0.15) is 0 Å². The number of carbonyl (C=O) groups is 1. The number of aromatic carboxylic acids is 1. The normalized spacial score (nSPS) is 10.2. The van der Waals surface area contributed by atoms with Gasteiger partial charge in [0.25, 0.3) is 0 Å². The summed E-state index contributed by atoms with van der Waals surface area (Å²) in [5.74, 6) is -0.977. The molecule has 1 aromatic rings. The van der Waals surface area contributed by atoms with Crippen LogP contribution in [0.4, 0.5) is 0 Å². The Balaban J connectivity index is 2.39. The molecule has 5 nitrogen and oxygen atoms in total. The molecule has 1 rings (SSSR count). The van der Waals surface area contributed by atoms with Crippen molar-refractivity contribution in [2.45, 2.75) is 6.61 Å². The second-order valence-electron chi connectivity index (χ2n) is 2.89. The highest BCUT2D eigenvalue weighted by molar-refractivity contribution is 5.87. The summed E-state index contributed by atoms with van der Waals surface area (Å²) in [5, 5.41) is 8.63. The van der Waals surface area contributed by atoms with Crippen LogP contribution in [0.15, 0.2) is 18.3 Å². The molecule has 0 radical (unpaired) electrons. The standard InChI is InChI=1S/C10H13NO4/c1-14-4-5-15-7-9-3-2-8(6-11-9)10(12)13/h2-3,6H,4-5,7H2,1H3,(H,12,13). The molecule has 1 N–H and O–H groups in total. The Morgan fingerprint density at radius 2 is 2.27 bits per heavy atom. The van der Waals surface area contributed by atoms with E-state index < -0.39 is 5.97 Å². The van der Waals surface area contributed by atoms with Crippen molar-refractivity contribution in [1.82, 2.24) is 4.98 Å². The molecule has 0 aliphatic heterocycles. The lowest BCUT2D eigenvalue weighted by Crippen LogP contribution is -2.04. The topological polar surface area (TPSA) is 68.7 Å². The summed E-state index contributed by atoms with van der Waals surface area (Å²) < 4.78 is 10.0. The van der Waals surface area contributed by atoms with E-state index in [1.54, 1.807) is 13.2 Å². The molecule has 0 spiro atoms. The van der Waals surface area contributed by atoms with Crippen LogP contribution in [0.3, 0.4) is 0 Å².